The maximum atomic E-state index is 12.6. The Hall–Kier alpha value is -1.46. The van der Waals surface area contributed by atoms with E-state index in [0.29, 0.717) is 37.8 Å². The number of nitrogens with one attached hydrogen (secondary N) is 1. The van der Waals surface area contributed by atoms with Crippen LogP contribution < -0.4 is 5.73 Å². The van der Waals surface area contributed by atoms with Gasteiger partial charge >= 0.3 is 0 Å². The Morgan fingerprint density at radius 3 is 2.64 bits per heavy atom. The first-order valence-electron chi connectivity index (χ1n) is 7.89. The lowest BCUT2D eigenvalue weighted by molar-refractivity contribution is 0.0730. The monoisotopic (exact) mass is 389 g/mol. The van der Waals surface area contributed by atoms with Crippen LogP contribution in [0.2, 0.25) is 0 Å². The Labute approximate surface area is 151 Å². The molecule has 0 unspecified atom stereocenters. The fourth-order valence-electron chi connectivity index (χ4n) is 2.90. The molecule has 11 heteroatoms. The van der Waals surface area contributed by atoms with Gasteiger partial charge in [-0.3, -0.25) is 0 Å². The molecule has 2 aromatic rings. The fourth-order valence-corrected chi connectivity index (χ4v) is 4.30. The minimum absolute atomic E-state index is 0. The van der Waals surface area contributed by atoms with E-state index in [4.69, 9.17) is 15.0 Å². The number of sulfonamides is 1. The van der Waals surface area contributed by atoms with Crippen molar-refractivity contribution in [3.05, 3.63) is 18.1 Å². The zero-order valence-corrected chi connectivity index (χ0v) is 15.1. The lowest BCUT2D eigenvalue weighted by Crippen LogP contribution is -2.44. The molecule has 3 heterocycles. The summed E-state index contributed by atoms with van der Waals surface area (Å²) in [6.45, 7) is 1.51. The molecular formula is C14H20ClN5O4S. The summed E-state index contributed by atoms with van der Waals surface area (Å²) in [6, 6.07) is 1.51. The topological polar surface area (TPSA) is 127 Å². The second-order valence-electron chi connectivity index (χ2n) is 6.20. The van der Waals surface area contributed by atoms with Crippen molar-refractivity contribution in [1.82, 2.24) is 19.4 Å². The Morgan fingerprint density at radius 1 is 1.28 bits per heavy atom. The molecule has 1 saturated carbocycles. The highest BCUT2D eigenvalue weighted by atomic mass is 35.5. The van der Waals surface area contributed by atoms with Gasteiger partial charge in [0, 0.05) is 19.3 Å². The molecule has 0 aromatic carbocycles. The highest BCUT2D eigenvalue weighted by Crippen LogP contribution is 2.37. The van der Waals surface area contributed by atoms with E-state index < -0.39 is 15.6 Å². The molecule has 2 aromatic heterocycles. The molecule has 0 spiro atoms. The number of ether oxygens (including phenoxy) is 1. The zero-order chi connectivity index (χ0) is 16.8. The van der Waals surface area contributed by atoms with Crippen LogP contribution in [0, 0.1) is 0 Å². The molecule has 1 aliphatic carbocycles. The summed E-state index contributed by atoms with van der Waals surface area (Å²) in [5.74, 6) is 0.709. The number of aromatic nitrogens is 3. The molecule has 0 bridgehead atoms. The summed E-state index contributed by atoms with van der Waals surface area (Å²) in [5, 5.41) is 3.94. The van der Waals surface area contributed by atoms with Crippen molar-refractivity contribution in [2.45, 2.75) is 29.7 Å². The molecule has 25 heavy (non-hydrogen) atoms. The van der Waals surface area contributed by atoms with Crippen LogP contribution in [0.4, 0.5) is 0 Å². The van der Waals surface area contributed by atoms with E-state index in [1.165, 1.54) is 16.6 Å². The molecule has 2 aliphatic rings. The lowest BCUT2D eigenvalue weighted by atomic mass is 9.77. The SMILES string of the molecule is Cl.NC1(c2noc(-c3cc(S(=O)(=O)N4CCOCC4)c[nH]3)n2)CCC1. The highest BCUT2D eigenvalue weighted by molar-refractivity contribution is 7.89. The van der Waals surface area contributed by atoms with E-state index in [2.05, 4.69) is 15.1 Å². The van der Waals surface area contributed by atoms with Crippen LogP contribution in [-0.4, -0.2) is 54.2 Å². The predicted molar refractivity (Wildman–Crippen MR) is 90.6 cm³/mol. The van der Waals surface area contributed by atoms with Crippen molar-refractivity contribution in [2.75, 3.05) is 26.3 Å². The molecule has 1 saturated heterocycles. The lowest BCUT2D eigenvalue weighted by Gasteiger charge is -2.34. The normalized spacial score (nSPS) is 20.7. The van der Waals surface area contributed by atoms with E-state index in [9.17, 15) is 8.42 Å². The molecule has 1 aliphatic heterocycles. The van der Waals surface area contributed by atoms with Crippen LogP contribution in [-0.2, 0) is 20.3 Å². The summed E-state index contributed by atoms with van der Waals surface area (Å²) < 4.78 is 37.1. The average Bonchev–Trinajstić information content (AvgIpc) is 3.23. The van der Waals surface area contributed by atoms with Crippen LogP contribution >= 0.6 is 12.4 Å². The fraction of sp³-hybridized carbons (Fsp3) is 0.571. The molecule has 2 fully saturated rings. The molecule has 9 nitrogen and oxygen atoms in total. The van der Waals surface area contributed by atoms with E-state index in [1.807, 2.05) is 0 Å². The first-order valence-corrected chi connectivity index (χ1v) is 9.33. The molecule has 0 amide bonds. The van der Waals surface area contributed by atoms with Gasteiger partial charge in [-0.05, 0) is 25.3 Å². The van der Waals surface area contributed by atoms with Crippen molar-refractivity contribution in [2.24, 2.45) is 5.73 Å². The van der Waals surface area contributed by atoms with Gasteiger partial charge in [-0.2, -0.15) is 9.29 Å². The highest BCUT2D eigenvalue weighted by Gasteiger charge is 2.39. The average molecular weight is 390 g/mol. The molecule has 138 valence electrons. The third-order valence-electron chi connectivity index (χ3n) is 4.61. The maximum Gasteiger partial charge on any atom is 0.274 e. The number of hydrogen-bond donors (Lipinski definition) is 2. The summed E-state index contributed by atoms with van der Waals surface area (Å²) in [7, 11) is -3.56. The molecule has 0 atom stereocenters. The van der Waals surface area contributed by atoms with Crippen LogP contribution in [0.1, 0.15) is 25.1 Å². The third-order valence-corrected chi connectivity index (χ3v) is 6.49. The summed E-state index contributed by atoms with van der Waals surface area (Å²) in [6.07, 6.45) is 4.14. The Bertz CT molecular complexity index is 839. The van der Waals surface area contributed by atoms with Crippen LogP contribution in [0.15, 0.2) is 21.7 Å². The minimum atomic E-state index is -3.56. The molecular weight excluding hydrogens is 370 g/mol. The van der Waals surface area contributed by atoms with Gasteiger partial charge in [0.05, 0.1) is 18.8 Å². The van der Waals surface area contributed by atoms with Gasteiger partial charge in [-0.15, -0.1) is 12.4 Å². The summed E-state index contributed by atoms with van der Waals surface area (Å²) in [5.41, 5.74) is 6.12. The summed E-state index contributed by atoms with van der Waals surface area (Å²) in [4.78, 5) is 7.39. The Balaban J connectivity index is 0.00000182. The van der Waals surface area contributed by atoms with Gasteiger partial charge in [-0.25, -0.2) is 8.42 Å². The van der Waals surface area contributed by atoms with Crippen molar-refractivity contribution in [3.8, 4) is 11.6 Å². The van der Waals surface area contributed by atoms with Gasteiger partial charge in [-0.1, -0.05) is 5.16 Å². The molecule has 0 radical (unpaired) electrons. The largest absolute Gasteiger partial charge is 0.379 e. The van der Waals surface area contributed by atoms with E-state index in [0.717, 1.165) is 19.3 Å². The third kappa shape index (κ3) is 3.20. The smallest absolute Gasteiger partial charge is 0.274 e. The van der Waals surface area contributed by atoms with E-state index >= 15 is 0 Å². The molecule has 3 N–H and O–H groups in total. The second-order valence-corrected chi connectivity index (χ2v) is 8.14. The van der Waals surface area contributed by atoms with Crippen molar-refractivity contribution in [3.63, 3.8) is 0 Å². The van der Waals surface area contributed by atoms with Gasteiger partial charge in [0.25, 0.3) is 5.89 Å². The number of nitrogens with two attached hydrogens (primary N) is 1. The standard InChI is InChI=1S/C14H19N5O4S.ClH/c15-14(2-1-3-14)13-17-12(23-18-13)11-8-10(9-16-11)24(20,21)19-4-6-22-7-5-19;/h8-9,16H,1-7,15H2;1H. The minimum Gasteiger partial charge on any atom is -0.379 e. The first kappa shape index (κ1) is 18.3. The number of aromatic amines is 1. The quantitative estimate of drug-likeness (QED) is 0.793. The number of nitrogens with zero attached hydrogens (tertiary/aromatic N) is 3. The first-order chi connectivity index (χ1) is 11.5. The number of halogens is 1. The van der Waals surface area contributed by atoms with Crippen molar-refractivity contribution >= 4 is 22.4 Å². The van der Waals surface area contributed by atoms with Gasteiger partial charge < -0.3 is 20.0 Å². The van der Waals surface area contributed by atoms with E-state index in [1.54, 1.807) is 0 Å². The maximum absolute atomic E-state index is 12.6. The van der Waals surface area contributed by atoms with Crippen LogP contribution in [0.5, 0.6) is 0 Å². The van der Waals surface area contributed by atoms with Gasteiger partial charge in [0.1, 0.15) is 10.6 Å². The second kappa shape index (κ2) is 6.69. The number of rotatable bonds is 4. The van der Waals surface area contributed by atoms with Crippen molar-refractivity contribution < 1.29 is 17.7 Å². The molecule has 4 rings (SSSR count). The Morgan fingerprint density at radius 2 is 2.00 bits per heavy atom. The van der Waals surface area contributed by atoms with E-state index in [-0.39, 0.29) is 23.2 Å². The predicted octanol–water partition coefficient (Wildman–Crippen LogP) is 0.845. The van der Waals surface area contributed by atoms with Gasteiger partial charge in [0.2, 0.25) is 10.0 Å². The number of hydrogen-bond acceptors (Lipinski definition) is 7. The zero-order valence-electron chi connectivity index (χ0n) is 13.5. The van der Waals surface area contributed by atoms with Crippen LogP contribution in [0.3, 0.4) is 0 Å². The Kier molecular flexibility index (Phi) is 4.91. The van der Waals surface area contributed by atoms with Crippen molar-refractivity contribution in [1.29, 1.82) is 0 Å². The van der Waals surface area contributed by atoms with Crippen LogP contribution in [0.25, 0.3) is 11.6 Å². The van der Waals surface area contributed by atoms with Gasteiger partial charge in [0.15, 0.2) is 5.82 Å². The summed E-state index contributed by atoms with van der Waals surface area (Å²) >= 11 is 0. The number of H-pyrrole nitrogens is 1. The number of morpholine rings is 1.